The molecule has 4 rings (SSSR count). The molecular formula is C14H14B3N3. The van der Waals surface area contributed by atoms with E-state index in [1.54, 1.807) is 0 Å². The van der Waals surface area contributed by atoms with Crippen LogP contribution < -0.4 is 15.0 Å². The number of fused-ring (bicyclic) bond motifs is 2. The molecule has 1 heterocycles. The van der Waals surface area contributed by atoms with Crippen molar-refractivity contribution in [3.63, 3.8) is 0 Å². The zero-order valence-electron chi connectivity index (χ0n) is 11.3. The maximum absolute atomic E-state index is 3.38. The molecule has 0 spiro atoms. The summed E-state index contributed by atoms with van der Waals surface area (Å²) in [6.07, 6.45) is 0. The molecule has 1 saturated heterocycles. The minimum absolute atomic E-state index is 0.874. The summed E-state index contributed by atoms with van der Waals surface area (Å²) >= 11 is 0. The average Bonchev–Trinajstić information content (AvgIpc) is 2.53. The first-order chi connectivity index (χ1) is 9.93. The number of anilines is 1. The standard InChI is InChI=1S/C14H14B3N3/c1-3-7-12-10(5-1)9-11-6-2-4-8-13(11)14(12)20-16-18-15-19-17-20/h1-9,15-19H. The van der Waals surface area contributed by atoms with Crippen LogP contribution in [-0.4, -0.2) is 22.6 Å². The Bertz CT molecular complexity index is 718. The van der Waals surface area contributed by atoms with Crippen molar-refractivity contribution in [2.24, 2.45) is 0 Å². The quantitative estimate of drug-likeness (QED) is 0.498. The molecule has 0 aromatic heterocycles. The van der Waals surface area contributed by atoms with Crippen LogP contribution >= 0.6 is 0 Å². The summed E-state index contributed by atoms with van der Waals surface area (Å²) < 4.78 is 2.37. The fourth-order valence-corrected chi connectivity index (χ4v) is 3.01. The molecule has 6 heteroatoms. The van der Waals surface area contributed by atoms with Gasteiger partial charge in [-0.3, -0.25) is 0 Å². The van der Waals surface area contributed by atoms with Gasteiger partial charge in [-0.25, -0.2) is 0 Å². The third-order valence-corrected chi connectivity index (χ3v) is 3.91. The van der Waals surface area contributed by atoms with Gasteiger partial charge in [0.25, 0.3) is 22.6 Å². The highest BCUT2D eigenvalue weighted by molar-refractivity contribution is 6.74. The minimum atomic E-state index is 0.874. The first-order valence-corrected chi connectivity index (χ1v) is 7.00. The summed E-state index contributed by atoms with van der Waals surface area (Å²) in [5.41, 5.74) is 1.32. The molecule has 1 aliphatic heterocycles. The van der Waals surface area contributed by atoms with Gasteiger partial charge in [0.1, 0.15) is 0 Å². The SMILES string of the molecule is B1NBN(c2c3ccccc3cc3ccccc23)BN1. The van der Waals surface area contributed by atoms with E-state index in [1.807, 2.05) is 0 Å². The molecule has 2 N–H and O–H groups in total. The second-order valence-corrected chi connectivity index (χ2v) is 5.20. The van der Waals surface area contributed by atoms with Gasteiger partial charge >= 0.3 is 0 Å². The van der Waals surface area contributed by atoms with Crippen LogP contribution in [0.5, 0.6) is 0 Å². The maximum atomic E-state index is 3.38. The molecule has 0 unspecified atom stereocenters. The van der Waals surface area contributed by atoms with Crippen LogP contribution in [0.4, 0.5) is 5.69 Å². The van der Waals surface area contributed by atoms with E-state index in [4.69, 9.17) is 0 Å². The molecule has 0 bridgehead atoms. The third-order valence-electron chi connectivity index (χ3n) is 3.91. The lowest BCUT2D eigenvalue weighted by atomic mass is 9.79. The zero-order chi connectivity index (χ0) is 13.4. The van der Waals surface area contributed by atoms with E-state index < -0.39 is 0 Å². The number of hydrogen-bond acceptors (Lipinski definition) is 3. The highest BCUT2D eigenvalue weighted by Crippen LogP contribution is 2.34. The summed E-state index contributed by atoms with van der Waals surface area (Å²) in [4.78, 5) is 0. The Morgan fingerprint density at radius 3 is 1.90 bits per heavy atom. The van der Waals surface area contributed by atoms with Crippen molar-refractivity contribution in [3.8, 4) is 0 Å². The van der Waals surface area contributed by atoms with Gasteiger partial charge in [0.2, 0.25) is 0 Å². The van der Waals surface area contributed by atoms with Crippen molar-refractivity contribution < 1.29 is 0 Å². The van der Waals surface area contributed by atoms with Crippen LogP contribution in [0.1, 0.15) is 0 Å². The Hall–Kier alpha value is -1.91. The van der Waals surface area contributed by atoms with E-state index in [2.05, 4.69) is 69.6 Å². The van der Waals surface area contributed by atoms with E-state index >= 15 is 0 Å². The summed E-state index contributed by atoms with van der Waals surface area (Å²) in [5.74, 6) is 0. The molecule has 0 atom stereocenters. The summed E-state index contributed by atoms with van der Waals surface area (Å²) in [6.45, 7) is 0. The number of nitrogens with zero attached hydrogens (tertiary/aromatic N) is 1. The lowest BCUT2D eigenvalue weighted by Crippen LogP contribution is -2.58. The van der Waals surface area contributed by atoms with Gasteiger partial charge in [0.15, 0.2) is 0 Å². The van der Waals surface area contributed by atoms with Crippen LogP contribution in [0.25, 0.3) is 21.5 Å². The number of nitrogens with one attached hydrogen (secondary N) is 2. The topological polar surface area (TPSA) is 27.3 Å². The molecule has 3 aromatic rings. The first kappa shape index (κ1) is 11.9. The van der Waals surface area contributed by atoms with Crippen molar-refractivity contribution >= 4 is 49.9 Å². The van der Waals surface area contributed by atoms with Crippen molar-refractivity contribution in [3.05, 3.63) is 54.6 Å². The van der Waals surface area contributed by atoms with Crippen molar-refractivity contribution in [1.82, 2.24) is 10.3 Å². The maximum Gasteiger partial charge on any atom is 0.298 e. The van der Waals surface area contributed by atoms with E-state index in [0.29, 0.717) is 0 Å². The monoisotopic (exact) mass is 257 g/mol. The molecule has 20 heavy (non-hydrogen) atoms. The van der Waals surface area contributed by atoms with E-state index in [-0.39, 0.29) is 0 Å². The molecule has 1 fully saturated rings. The smallest absolute Gasteiger partial charge is 0.298 e. The molecule has 94 valence electrons. The predicted octanol–water partition coefficient (Wildman–Crippen LogP) is 0.792. The molecule has 0 aliphatic carbocycles. The minimum Gasteiger partial charge on any atom is -0.440 e. The molecule has 0 amide bonds. The van der Waals surface area contributed by atoms with Crippen LogP contribution in [0, 0.1) is 0 Å². The van der Waals surface area contributed by atoms with E-state index in [9.17, 15) is 0 Å². The Labute approximate surface area is 120 Å². The summed E-state index contributed by atoms with van der Waals surface area (Å²) in [5, 5.41) is 12.0. The molecule has 0 radical (unpaired) electrons. The fourth-order valence-electron chi connectivity index (χ4n) is 3.01. The number of benzene rings is 3. The van der Waals surface area contributed by atoms with Gasteiger partial charge in [-0.1, -0.05) is 48.5 Å². The lowest BCUT2D eigenvalue weighted by molar-refractivity contribution is 1.32. The van der Waals surface area contributed by atoms with Crippen molar-refractivity contribution in [2.45, 2.75) is 0 Å². The van der Waals surface area contributed by atoms with Gasteiger partial charge in [0, 0.05) is 16.5 Å². The molecule has 3 nitrogen and oxygen atoms in total. The van der Waals surface area contributed by atoms with Crippen LogP contribution in [0.2, 0.25) is 0 Å². The van der Waals surface area contributed by atoms with Crippen LogP contribution in [-0.2, 0) is 0 Å². The zero-order valence-corrected chi connectivity index (χ0v) is 11.3. The first-order valence-electron chi connectivity index (χ1n) is 7.00. The molecule has 0 saturated carbocycles. The van der Waals surface area contributed by atoms with Gasteiger partial charge in [-0.2, -0.15) is 0 Å². The van der Waals surface area contributed by atoms with Crippen molar-refractivity contribution in [2.75, 3.05) is 4.72 Å². The largest absolute Gasteiger partial charge is 0.440 e. The Kier molecular flexibility index (Phi) is 2.91. The molecule has 1 aliphatic rings. The van der Waals surface area contributed by atoms with E-state index in [0.717, 1.165) is 22.6 Å². The predicted molar refractivity (Wildman–Crippen MR) is 91.7 cm³/mol. The van der Waals surface area contributed by atoms with Gasteiger partial charge in [0.05, 0.1) is 0 Å². The lowest BCUT2D eigenvalue weighted by Gasteiger charge is -2.30. The Balaban J connectivity index is 2.06. The van der Waals surface area contributed by atoms with Crippen LogP contribution in [0.15, 0.2) is 54.6 Å². The summed E-state index contributed by atoms with van der Waals surface area (Å²) in [7, 11) is 2.63. The van der Waals surface area contributed by atoms with Crippen LogP contribution in [0.3, 0.4) is 0 Å². The average molecular weight is 257 g/mol. The molecular weight excluding hydrogens is 243 g/mol. The Morgan fingerprint density at radius 2 is 1.30 bits per heavy atom. The van der Waals surface area contributed by atoms with Crippen molar-refractivity contribution in [1.29, 1.82) is 0 Å². The normalized spacial score (nSPS) is 14.7. The second kappa shape index (κ2) is 4.89. The van der Waals surface area contributed by atoms with E-state index in [1.165, 1.54) is 27.2 Å². The summed E-state index contributed by atoms with van der Waals surface area (Å²) in [6, 6.07) is 19.5. The number of rotatable bonds is 1. The van der Waals surface area contributed by atoms with Gasteiger partial charge in [-0.15, -0.1) is 0 Å². The van der Waals surface area contributed by atoms with Gasteiger partial charge < -0.3 is 15.0 Å². The highest BCUT2D eigenvalue weighted by Gasteiger charge is 2.18. The second-order valence-electron chi connectivity index (χ2n) is 5.20. The highest BCUT2D eigenvalue weighted by atomic mass is 15.1. The fraction of sp³-hybridized carbons (Fsp3) is 0. The Morgan fingerprint density at radius 1 is 0.750 bits per heavy atom. The van der Waals surface area contributed by atoms with Gasteiger partial charge in [-0.05, 0) is 16.8 Å². The molecule has 3 aromatic carbocycles. The number of hydrogen-bond donors (Lipinski definition) is 2. The third kappa shape index (κ3) is 1.89.